The molecule has 5 heteroatoms. The summed E-state index contributed by atoms with van der Waals surface area (Å²) >= 11 is 0. The van der Waals surface area contributed by atoms with Gasteiger partial charge in [0, 0.05) is 11.5 Å². The van der Waals surface area contributed by atoms with E-state index in [0.717, 1.165) is 17.0 Å². The van der Waals surface area contributed by atoms with Crippen LogP contribution >= 0.6 is 0 Å². The summed E-state index contributed by atoms with van der Waals surface area (Å²) in [6.45, 7) is 5.55. The standard InChI is InChI=1S/C15H23NO4/c1-11(2)8-16(10-15(17)18)9-12-5-6-13(19-3)14(7-12)20-4/h5-7,11H,8-10H2,1-4H3,(H,17,18). The predicted molar refractivity (Wildman–Crippen MR) is 73.8 cm³/mol. The Bertz CT molecular complexity index is 445. The van der Waals surface area contributed by atoms with Crippen LogP contribution in [0.2, 0.25) is 0 Å². The van der Waals surface area contributed by atoms with Crippen LogP contribution in [0.5, 0.6) is 11.5 Å². The number of methoxy groups -OCH3 is 2. The zero-order valence-corrected chi connectivity index (χ0v) is 12.6. The third kappa shape index (κ3) is 5.09. The Morgan fingerprint density at radius 2 is 1.90 bits per heavy atom. The van der Waals surface area contributed by atoms with Gasteiger partial charge >= 0.3 is 0 Å². The highest BCUT2D eigenvalue weighted by molar-refractivity contribution is 5.65. The highest BCUT2D eigenvalue weighted by Gasteiger charge is 2.14. The molecule has 1 atom stereocenters. The van der Waals surface area contributed by atoms with Gasteiger partial charge in [-0.05, 0) is 18.2 Å². The number of hydrogen-bond donors (Lipinski definition) is 1. The van der Waals surface area contributed by atoms with Gasteiger partial charge in [0.25, 0.3) is 0 Å². The Morgan fingerprint density at radius 3 is 2.40 bits per heavy atom. The molecule has 0 aliphatic carbocycles. The molecule has 0 fully saturated rings. The molecule has 0 aliphatic rings. The SMILES string of the molecule is COc1ccc(C[NH+](CC(=O)[O-])CC(C)C)cc1OC. The largest absolute Gasteiger partial charge is 0.544 e. The molecule has 0 bridgehead atoms. The molecule has 1 aromatic carbocycles. The molecule has 5 nitrogen and oxygen atoms in total. The normalized spacial score (nSPS) is 12.2. The van der Waals surface area contributed by atoms with Crippen LogP contribution in [0, 0.1) is 5.92 Å². The number of rotatable bonds is 8. The molecule has 112 valence electrons. The van der Waals surface area contributed by atoms with E-state index in [1.54, 1.807) is 14.2 Å². The van der Waals surface area contributed by atoms with E-state index >= 15 is 0 Å². The van der Waals surface area contributed by atoms with E-state index in [2.05, 4.69) is 13.8 Å². The Balaban J connectivity index is 2.84. The van der Waals surface area contributed by atoms with Gasteiger partial charge in [-0.2, -0.15) is 0 Å². The third-order valence-electron chi connectivity index (χ3n) is 2.99. The van der Waals surface area contributed by atoms with Crippen molar-refractivity contribution >= 4 is 5.97 Å². The minimum absolute atomic E-state index is 0.00647. The quantitative estimate of drug-likeness (QED) is 0.697. The fourth-order valence-corrected chi connectivity index (χ4v) is 2.27. The molecule has 0 saturated heterocycles. The Morgan fingerprint density at radius 1 is 1.25 bits per heavy atom. The fourth-order valence-electron chi connectivity index (χ4n) is 2.27. The zero-order chi connectivity index (χ0) is 15.1. The summed E-state index contributed by atoms with van der Waals surface area (Å²) < 4.78 is 10.4. The molecule has 0 spiro atoms. The number of carboxylic acids is 1. The number of aliphatic carboxylic acids is 1. The number of carboxylic acid groups (broad SMARTS) is 1. The number of benzene rings is 1. The van der Waals surface area contributed by atoms with E-state index in [0.29, 0.717) is 24.0 Å². The lowest BCUT2D eigenvalue weighted by Gasteiger charge is -2.22. The van der Waals surface area contributed by atoms with Gasteiger partial charge in [0.05, 0.1) is 26.7 Å². The first-order valence-corrected chi connectivity index (χ1v) is 6.70. The zero-order valence-electron chi connectivity index (χ0n) is 12.6. The number of nitrogens with one attached hydrogen (secondary N) is 1. The Hall–Kier alpha value is -1.75. The third-order valence-corrected chi connectivity index (χ3v) is 2.99. The van der Waals surface area contributed by atoms with E-state index < -0.39 is 5.97 Å². The molecular weight excluding hydrogens is 258 g/mol. The highest BCUT2D eigenvalue weighted by atomic mass is 16.5. The molecule has 1 aromatic rings. The van der Waals surface area contributed by atoms with E-state index in [9.17, 15) is 9.90 Å². The number of carbonyl (C=O) groups is 1. The van der Waals surface area contributed by atoms with Crippen LogP contribution in [0.4, 0.5) is 0 Å². The lowest BCUT2D eigenvalue weighted by Crippen LogP contribution is -3.12. The fraction of sp³-hybridized carbons (Fsp3) is 0.533. The van der Waals surface area contributed by atoms with Crippen molar-refractivity contribution in [3.8, 4) is 11.5 Å². The second-order valence-corrected chi connectivity index (χ2v) is 5.26. The van der Waals surface area contributed by atoms with Gasteiger partial charge in [0.1, 0.15) is 13.1 Å². The van der Waals surface area contributed by atoms with E-state index in [4.69, 9.17) is 9.47 Å². The summed E-state index contributed by atoms with van der Waals surface area (Å²) in [6, 6.07) is 5.64. The number of ether oxygens (including phenoxy) is 2. The maximum absolute atomic E-state index is 10.8. The summed E-state index contributed by atoms with van der Waals surface area (Å²) in [7, 11) is 3.17. The van der Waals surface area contributed by atoms with E-state index in [1.807, 2.05) is 18.2 Å². The summed E-state index contributed by atoms with van der Waals surface area (Å²) in [5.74, 6) is 0.717. The minimum atomic E-state index is -1.03. The van der Waals surface area contributed by atoms with E-state index in [-0.39, 0.29) is 6.54 Å². The van der Waals surface area contributed by atoms with E-state index in [1.165, 1.54) is 0 Å². The van der Waals surface area contributed by atoms with Gasteiger partial charge in [0.2, 0.25) is 0 Å². The first-order chi connectivity index (χ1) is 9.46. The van der Waals surface area contributed by atoms with Crippen LogP contribution < -0.4 is 19.5 Å². The number of quaternary nitrogens is 1. The lowest BCUT2D eigenvalue weighted by molar-refractivity contribution is -0.911. The average molecular weight is 281 g/mol. The predicted octanol–water partition coefficient (Wildman–Crippen LogP) is -0.505. The van der Waals surface area contributed by atoms with Crippen molar-refractivity contribution in [2.75, 3.05) is 27.3 Å². The number of hydrogen-bond acceptors (Lipinski definition) is 4. The molecule has 0 radical (unpaired) electrons. The molecule has 0 saturated carbocycles. The topological polar surface area (TPSA) is 63.0 Å². The first kappa shape index (κ1) is 16.3. The van der Waals surface area contributed by atoms with Crippen LogP contribution in [-0.2, 0) is 11.3 Å². The summed E-state index contributed by atoms with van der Waals surface area (Å²) in [4.78, 5) is 11.8. The van der Waals surface area contributed by atoms with Gasteiger partial charge in [-0.15, -0.1) is 0 Å². The number of carbonyl (C=O) groups excluding carboxylic acids is 1. The minimum Gasteiger partial charge on any atom is -0.544 e. The molecular formula is C15H23NO4. The molecule has 20 heavy (non-hydrogen) atoms. The van der Waals surface area contributed by atoms with Crippen LogP contribution in [0.3, 0.4) is 0 Å². The lowest BCUT2D eigenvalue weighted by atomic mass is 10.1. The van der Waals surface area contributed by atoms with Crippen molar-refractivity contribution in [1.82, 2.24) is 0 Å². The average Bonchev–Trinajstić information content (AvgIpc) is 2.36. The van der Waals surface area contributed by atoms with Gasteiger partial charge in [-0.25, -0.2) is 0 Å². The van der Waals surface area contributed by atoms with Crippen LogP contribution in [0.15, 0.2) is 18.2 Å². The molecule has 0 aliphatic heterocycles. The molecule has 0 heterocycles. The van der Waals surface area contributed by atoms with Gasteiger partial charge < -0.3 is 24.3 Å². The van der Waals surface area contributed by atoms with Crippen LogP contribution in [-0.4, -0.2) is 33.3 Å². The maximum atomic E-state index is 10.8. The van der Waals surface area contributed by atoms with Crippen molar-refractivity contribution in [2.24, 2.45) is 5.92 Å². The van der Waals surface area contributed by atoms with Crippen LogP contribution in [0.25, 0.3) is 0 Å². The molecule has 0 aromatic heterocycles. The molecule has 1 rings (SSSR count). The first-order valence-electron chi connectivity index (χ1n) is 6.70. The molecule has 1 N–H and O–H groups in total. The van der Waals surface area contributed by atoms with Gasteiger partial charge in [0.15, 0.2) is 11.5 Å². The highest BCUT2D eigenvalue weighted by Crippen LogP contribution is 2.27. The molecule has 1 unspecified atom stereocenters. The van der Waals surface area contributed by atoms with Crippen molar-refractivity contribution < 1.29 is 24.3 Å². The summed E-state index contributed by atoms with van der Waals surface area (Å²) in [6.07, 6.45) is 0. The van der Waals surface area contributed by atoms with Crippen molar-refractivity contribution in [3.63, 3.8) is 0 Å². The smallest absolute Gasteiger partial charge is 0.161 e. The summed E-state index contributed by atoms with van der Waals surface area (Å²) in [5.41, 5.74) is 1.01. The van der Waals surface area contributed by atoms with Crippen molar-refractivity contribution in [3.05, 3.63) is 23.8 Å². The summed E-state index contributed by atoms with van der Waals surface area (Å²) in [5, 5.41) is 10.8. The second-order valence-electron chi connectivity index (χ2n) is 5.26. The Kier molecular flexibility index (Phi) is 6.31. The van der Waals surface area contributed by atoms with Crippen LogP contribution in [0.1, 0.15) is 19.4 Å². The second kappa shape index (κ2) is 7.75. The van der Waals surface area contributed by atoms with Crippen molar-refractivity contribution in [1.29, 1.82) is 0 Å². The van der Waals surface area contributed by atoms with Gasteiger partial charge in [-0.1, -0.05) is 13.8 Å². The monoisotopic (exact) mass is 281 g/mol. The van der Waals surface area contributed by atoms with Gasteiger partial charge in [-0.3, -0.25) is 0 Å². The Labute approximate surface area is 120 Å². The maximum Gasteiger partial charge on any atom is 0.161 e. The molecule has 0 amide bonds. The van der Waals surface area contributed by atoms with Crippen molar-refractivity contribution in [2.45, 2.75) is 20.4 Å².